The number of esters is 1. The molecule has 24 heavy (non-hydrogen) atoms. The van der Waals surface area contributed by atoms with Crippen LogP contribution in [0.3, 0.4) is 0 Å². The predicted molar refractivity (Wildman–Crippen MR) is 89.9 cm³/mol. The lowest BCUT2D eigenvalue weighted by Gasteiger charge is -1.99. The number of nitrogens with one attached hydrogen (secondary N) is 1. The van der Waals surface area contributed by atoms with Gasteiger partial charge >= 0.3 is 5.97 Å². The van der Waals surface area contributed by atoms with Crippen LogP contribution in [0.5, 0.6) is 0 Å². The zero-order valence-corrected chi connectivity index (χ0v) is 14.6. The molecule has 0 aliphatic rings. The number of aryl methyl sites for hydroxylation is 1. The molecule has 7 heteroatoms. The largest absolute Gasteiger partial charge is 0.465 e. The number of methoxy groups -OCH3 is 1. The number of benzene rings is 1. The first kappa shape index (κ1) is 16.3. The summed E-state index contributed by atoms with van der Waals surface area (Å²) >= 11 is 3.38. The van der Waals surface area contributed by atoms with Crippen molar-refractivity contribution in [3.63, 3.8) is 0 Å². The van der Waals surface area contributed by atoms with E-state index in [2.05, 4.69) is 26.0 Å². The van der Waals surface area contributed by atoms with Gasteiger partial charge in [-0.3, -0.25) is 4.79 Å². The first-order valence-electron chi connectivity index (χ1n) is 7.13. The first-order valence-corrected chi connectivity index (χ1v) is 7.92. The molecular formula is C17H14BrNO5. The summed E-state index contributed by atoms with van der Waals surface area (Å²) in [5, 5.41) is 3.53. The summed E-state index contributed by atoms with van der Waals surface area (Å²) in [4.78, 5) is 23.8. The number of amides is 1. The van der Waals surface area contributed by atoms with Crippen molar-refractivity contribution in [1.82, 2.24) is 5.32 Å². The molecule has 6 nitrogen and oxygen atoms in total. The number of furan rings is 2. The Morgan fingerprint density at radius 3 is 2.75 bits per heavy atom. The summed E-state index contributed by atoms with van der Waals surface area (Å²) in [5.41, 5.74) is 0.957. The third-order valence-corrected chi connectivity index (χ3v) is 4.14. The summed E-state index contributed by atoms with van der Waals surface area (Å²) in [6.07, 6.45) is 0. The van der Waals surface area contributed by atoms with E-state index in [0.717, 1.165) is 9.86 Å². The van der Waals surface area contributed by atoms with Crippen LogP contribution in [-0.2, 0) is 11.3 Å². The highest BCUT2D eigenvalue weighted by molar-refractivity contribution is 9.10. The molecular weight excluding hydrogens is 378 g/mol. The number of carbonyl (C=O) groups excluding carboxylic acids is 2. The maximum absolute atomic E-state index is 12.2. The van der Waals surface area contributed by atoms with Crippen molar-refractivity contribution < 1.29 is 23.2 Å². The molecule has 0 radical (unpaired) electrons. The molecule has 0 unspecified atom stereocenters. The minimum Gasteiger partial charge on any atom is -0.465 e. The predicted octanol–water partition coefficient (Wildman–Crippen LogP) is 3.81. The fraction of sp³-hybridized carbons (Fsp3) is 0.176. The summed E-state index contributed by atoms with van der Waals surface area (Å²) < 4.78 is 16.5. The molecule has 1 N–H and O–H groups in total. The van der Waals surface area contributed by atoms with E-state index in [-0.39, 0.29) is 18.2 Å². The summed E-state index contributed by atoms with van der Waals surface area (Å²) in [6.45, 7) is 1.79. The molecule has 0 saturated carbocycles. The molecule has 1 aromatic carbocycles. The Bertz CT molecular complexity index is 924. The highest BCUT2D eigenvalue weighted by Gasteiger charge is 2.17. The van der Waals surface area contributed by atoms with E-state index in [1.165, 1.54) is 7.11 Å². The Kier molecular flexibility index (Phi) is 4.44. The van der Waals surface area contributed by atoms with Crippen LogP contribution in [0.25, 0.3) is 11.0 Å². The van der Waals surface area contributed by atoms with Gasteiger partial charge in [0.2, 0.25) is 0 Å². The number of halogens is 1. The van der Waals surface area contributed by atoms with Crippen LogP contribution >= 0.6 is 15.9 Å². The highest BCUT2D eigenvalue weighted by atomic mass is 79.9. The Hall–Kier alpha value is -2.54. The Morgan fingerprint density at radius 2 is 2.04 bits per heavy atom. The Balaban J connectivity index is 1.73. The van der Waals surface area contributed by atoms with Gasteiger partial charge < -0.3 is 18.9 Å². The molecule has 0 aliphatic carbocycles. The fourth-order valence-corrected chi connectivity index (χ4v) is 2.80. The van der Waals surface area contributed by atoms with Gasteiger partial charge in [0.1, 0.15) is 22.7 Å². The van der Waals surface area contributed by atoms with Crippen LogP contribution in [0.4, 0.5) is 0 Å². The van der Waals surface area contributed by atoms with Gasteiger partial charge in [-0.15, -0.1) is 0 Å². The Labute approximate surface area is 145 Å². The zero-order chi connectivity index (χ0) is 17.3. The zero-order valence-electron chi connectivity index (χ0n) is 13.0. The molecule has 2 aromatic heterocycles. The lowest BCUT2D eigenvalue weighted by molar-refractivity contribution is 0.0598. The number of fused-ring (bicyclic) bond motifs is 1. The van der Waals surface area contributed by atoms with Crippen LogP contribution < -0.4 is 5.32 Å². The molecule has 0 aliphatic heterocycles. The standard InChI is InChI=1S/C17H14BrNO5/c1-9-12(17(21)22-2)7-11(23-9)8-19-16(20)14-6-10-4-3-5-13(18)15(10)24-14/h3-7H,8H2,1-2H3,(H,19,20). The number of ether oxygens (including phenoxy) is 1. The van der Waals surface area contributed by atoms with Crippen molar-refractivity contribution in [2.75, 3.05) is 7.11 Å². The van der Waals surface area contributed by atoms with Crippen LogP contribution in [0.2, 0.25) is 0 Å². The quantitative estimate of drug-likeness (QED) is 0.683. The van der Waals surface area contributed by atoms with Crippen LogP contribution in [0.1, 0.15) is 32.4 Å². The van der Waals surface area contributed by atoms with E-state index < -0.39 is 5.97 Å². The molecule has 0 fully saturated rings. The monoisotopic (exact) mass is 391 g/mol. The molecule has 2 heterocycles. The second-order valence-corrected chi connectivity index (χ2v) is 5.98. The first-order chi connectivity index (χ1) is 11.5. The SMILES string of the molecule is COC(=O)c1cc(CNC(=O)c2cc3cccc(Br)c3o2)oc1C. The van der Waals surface area contributed by atoms with Crippen molar-refractivity contribution in [2.24, 2.45) is 0 Å². The minimum absolute atomic E-state index is 0.134. The van der Waals surface area contributed by atoms with E-state index in [9.17, 15) is 9.59 Å². The van der Waals surface area contributed by atoms with E-state index in [0.29, 0.717) is 22.7 Å². The van der Waals surface area contributed by atoms with Gasteiger partial charge in [0.05, 0.1) is 18.1 Å². The van der Waals surface area contributed by atoms with Crippen molar-refractivity contribution in [3.05, 3.63) is 57.6 Å². The molecule has 1 amide bonds. The third kappa shape index (κ3) is 3.07. The number of hydrogen-bond donors (Lipinski definition) is 1. The van der Waals surface area contributed by atoms with E-state index in [1.54, 1.807) is 19.1 Å². The fourth-order valence-electron chi connectivity index (χ4n) is 2.34. The van der Waals surface area contributed by atoms with Crippen molar-refractivity contribution in [2.45, 2.75) is 13.5 Å². The van der Waals surface area contributed by atoms with Gasteiger partial charge in [-0.2, -0.15) is 0 Å². The molecule has 0 spiro atoms. The Morgan fingerprint density at radius 1 is 1.25 bits per heavy atom. The summed E-state index contributed by atoms with van der Waals surface area (Å²) in [5.74, 6) is 0.258. The average molecular weight is 392 g/mol. The maximum Gasteiger partial charge on any atom is 0.341 e. The average Bonchev–Trinajstić information content (AvgIpc) is 3.16. The van der Waals surface area contributed by atoms with E-state index >= 15 is 0 Å². The molecule has 3 aromatic rings. The molecule has 3 rings (SSSR count). The van der Waals surface area contributed by atoms with Crippen LogP contribution in [-0.4, -0.2) is 19.0 Å². The summed E-state index contributed by atoms with van der Waals surface area (Å²) in [7, 11) is 1.30. The van der Waals surface area contributed by atoms with Gasteiger partial charge in [0.15, 0.2) is 5.76 Å². The van der Waals surface area contributed by atoms with E-state index in [1.807, 2.05) is 18.2 Å². The van der Waals surface area contributed by atoms with Gasteiger partial charge in [-0.05, 0) is 41.1 Å². The number of hydrogen-bond acceptors (Lipinski definition) is 5. The molecule has 124 valence electrons. The topological polar surface area (TPSA) is 81.7 Å². The highest BCUT2D eigenvalue weighted by Crippen LogP contribution is 2.27. The second-order valence-electron chi connectivity index (χ2n) is 5.13. The smallest absolute Gasteiger partial charge is 0.341 e. The third-order valence-electron chi connectivity index (χ3n) is 3.52. The van der Waals surface area contributed by atoms with Crippen LogP contribution in [0.15, 0.2) is 43.6 Å². The van der Waals surface area contributed by atoms with Crippen LogP contribution in [0, 0.1) is 6.92 Å². The van der Waals surface area contributed by atoms with Crippen molar-refractivity contribution in [1.29, 1.82) is 0 Å². The number of carbonyl (C=O) groups is 2. The van der Waals surface area contributed by atoms with E-state index in [4.69, 9.17) is 8.83 Å². The van der Waals surface area contributed by atoms with Crippen molar-refractivity contribution >= 4 is 38.8 Å². The molecule has 0 saturated heterocycles. The van der Waals surface area contributed by atoms with Gasteiger partial charge in [0.25, 0.3) is 5.91 Å². The lowest BCUT2D eigenvalue weighted by atomic mass is 10.2. The van der Waals surface area contributed by atoms with Gasteiger partial charge in [-0.25, -0.2) is 4.79 Å². The second kappa shape index (κ2) is 6.52. The molecule has 0 atom stereocenters. The minimum atomic E-state index is -0.476. The van der Waals surface area contributed by atoms with Gasteiger partial charge in [-0.1, -0.05) is 12.1 Å². The van der Waals surface area contributed by atoms with Crippen molar-refractivity contribution in [3.8, 4) is 0 Å². The number of para-hydroxylation sites is 1. The molecule has 0 bridgehead atoms. The normalized spacial score (nSPS) is 10.8. The number of rotatable bonds is 4. The lowest BCUT2D eigenvalue weighted by Crippen LogP contribution is -2.21. The maximum atomic E-state index is 12.2. The van der Waals surface area contributed by atoms with Gasteiger partial charge in [0, 0.05) is 5.39 Å². The summed E-state index contributed by atoms with van der Waals surface area (Å²) in [6, 6.07) is 8.79.